The molecule has 1 aromatic rings. The lowest BCUT2D eigenvalue weighted by molar-refractivity contribution is 0.125. The predicted octanol–water partition coefficient (Wildman–Crippen LogP) is 3.43. The van der Waals surface area contributed by atoms with Crippen LogP contribution in [0.1, 0.15) is 37.3 Å². The van der Waals surface area contributed by atoms with Crippen LogP contribution in [0.15, 0.2) is 24.3 Å². The molecule has 1 aliphatic heterocycles. The van der Waals surface area contributed by atoms with Gasteiger partial charge in [0.25, 0.3) is 0 Å². The first-order valence-electron chi connectivity index (χ1n) is 7.55. The van der Waals surface area contributed by atoms with Crippen LogP contribution in [0.25, 0.3) is 0 Å². The summed E-state index contributed by atoms with van der Waals surface area (Å²) in [5.41, 5.74) is 1.54. The summed E-state index contributed by atoms with van der Waals surface area (Å²) in [6.45, 7) is 4.70. The number of hydrogen-bond donors (Lipinski definition) is 1. The van der Waals surface area contributed by atoms with E-state index in [1.54, 1.807) is 0 Å². The first-order chi connectivity index (χ1) is 9.34. The van der Waals surface area contributed by atoms with Crippen LogP contribution in [0.4, 0.5) is 0 Å². The van der Waals surface area contributed by atoms with Gasteiger partial charge in [-0.1, -0.05) is 25.0 Å². The van der Waals surface area contributed by atoms with E-state index in [1.165, 1.54) is 47.9 Å². The minimum Gasteiger partial charge on any atom is -0.314 e. The Bertz CT molecular complexity index is 392. The van der Waals surface area contributed by atoms with Gasteiger partial charge in [-0.25, -0.2) is 0 Å². The molecule has 2 fully saturated rings. The van der Waals surface area contributed by atoms with E-state index in [9.17, 15) is 0 Å². The summed E-state index contributed by atoms with van der Waals surface area (Å²) in [6, 6.07) is 9.89. The Morgan fingerprint density at radius 3 is 2.32 bits per heavy atom. The van der Waals surface area contributed by atoms with Gasteiger partial charge in [0.05, 0.1) is 0 Å². The van der Waals surface area contributed by atoms with E-state index in [0.29, 0.717) is 6.04 Å². The summed E-state index contributed by atoms with van der Waals surface area (Å²) in [5, 5.41) is 3.48. The van der Waals surface area contributed by atoms with Crippen molar-refractivity contribution < 1.29 is 0 Å². The molecule has 0 spiro atoms. The van der Waals surface area contributed by atoms with Crippen molar-refractivity contribution in [2.75, 3.05) is 26.2 Å². The molecular weight excluding hydrogens is 347 g/mol. The zero-order valence-electron chi connectivity index (χ0n) is 11.4. The monoisotopic (exact) mass is 370 g/mol. The minimum atomic E-state index is 0.654. The third-order valence-electron chi connectivity index (χ3n) is 4.60. The number of benzene rings is 1. The highest BCUT2D eigenvalue weighted by Crippen LogP contribution is 2.39. The molecule has 3 heteroatoms. The molecule has 0 radical (unpaired) electrons. The van der Waals surface area contributed by atoms with E-state index in [4.69, 9.17) is 0 Å². The van der Waals surface area contributed by atoms with Crippen molar-refractivity contribution in [2.24, 2.45) is 5.92 Å². The van der Waals surface area contributed by atoms with Gasteiger partial charge in [0.1, 0.15) is 0 Å². The van der Waals surface area contributed by atoms with Gasteiger partial charge in [0.15, 0.2) is 0 Å². The summed E-state index contributed by atoms with van der Waals surface area (Å²) in [4.78, 5) is 2.72. The van der Waals surface area contributed by atoms with Crippen LogP contribution < -0.4 is 5.32 Å². The second-order valence-corrected chi connectivity index (χ2v) is 7.07. The second kappa shape index (κ2) is 6.55. The van der Waals surface area contributed by atoms with Crippen LogP contribution >= 0.6 is 22.6 Å². The highest BCUT2D eigenvalue weighted by molar-refractivity contribution is 14.1. The Balaban J connectivity index is 1.83. The molecule has 19 heavy (non-hydrogen) atoms. The van der Waals surface area contributed by atoms with Crippen molar-refractivity contribution in [3.63, 3.8) is 0 Å². The molecular formula is C16H23IN2. The van der Waals surface area contributed by atoms with Gasteiger partial charge in [-0.15, -0.1) is 0 Å². The maximum atomic E-state index is 3.48. The normalized spacial score (nSPS) is 23.6. The van der Waals surface area contributed by atoms with Crippen LogP contribution in [0.5, 0.6) is 0 Å². The predicted molar refractivity (Wildman–Crippen MR) is 88.3 cm³/mol. The van der Waals surface area contributed by atoms with Gasteiger partial charge in [0.2, 0.25) is 0 Å². The van der Waals surface area contributed by atoms with Gasteiger partial charge >= 0.3 is 0 Å². The Kier molecular flexibility index (Phi) is 4.77. The third kappa shape index (κ3) is 3.31. The fourth-order valence-electron chi connectivity index (χ4n) is 3.67. The van der Waals surface area contributed by atoms with Crippen LogP contribution in [0, 0.1) is 9.49 Å². The number of nitrogens with zero attached hydrogens (tertiary/aromatic N) is 1. The SMILES string of the molecule is Ic1ccc([C@@H](C2CCCC2)N2CCNCC2)cc1. The molecule has 0 unspecified atom stereocenters. The molecule has 2 aliphatic rings. The molecule has 1 saturated heterocycles. The van der Waals surface area contributed by atoms with Crippen molar-refractivity contribution in [1.29, 1.82) is 0 Å². The number of rotatable bonds is 3. The average molecular weight is 370 g/mol. The van der Waals surface area contributed by atoms with E-state index in [1.807, 2.05) is 0 Å². The molecule has 3 rings (SSSR count). The first-order valence-corrected chi connectivity index (χ1v) is 8.63. The van der Waals surface area contributed by atoms with Crippen molar-refractivity contribution in [1.82, 2.24) is 10.2 Å². The number of piperazine rings is 1. The maximum Gasteiger partial charge on any atom is 0.0377 e. The van der Waals surface area contributed by atoms with Crippen molar-refractivity contribution in [3.8, 4) is 0 Å². The fourth-order valence-corrected chi connectivity index (χ4v) is 4.03. The number of hydrogen-bond acceptors (Lipinski definition) is 2. The Morgan fingerprint density at radius 1 is 1.05 bits per heavy atom. The maximum absolute atomic E-state index is 3.48. The Morgan fingerprint density at radius 2 is 1.68 bits per heavy atom. The molecule has 1 N–H and O–H groups in total. The van der Waals surface area contributed by atoms with Crippen molar-refractivity contribution >= 4 is 22.6 Å². The van der Waals surface area contributed by atoms with Crippen LogP contribution in [0.3, 0.4) is 0 Å². The largest absolute Gasteiger partial charge is 0.314 e. The lowest BCUT2D eigenvalue weighted by Crippen LogP contribution is -2.46. The van der Waals surface area contributed by atoms with Crippen LogP contribution in [-0.4, -0.2) is 31.1 Å². The summed E-state index contributed by atoms with van der Waals surface area (Å²) in [6.07, 6.45) is 5.69. The lowest BCUT2D eigenvalue weighted by Gasteiger charge is -2.38. The Hall–Kier alpha value is -0.130. The van der Waals surface area contributed by atoms with E-state index in [0.717, 1.165) is 19.0 Å². The topological polar surface area (TPSA) is 15.3 Å². The zero-order chi connectivity index (χ0) is 13.1. The molecule has 104 valence electrons. The van der Waals surface area contributed by atoms with Gasteiger partial charge in [0, 0.05) is 35.8 Å². The van der Waals surface area contributed by atoms with Gasteiger partial charge in [-0.2, -0.15) is 0 Å². The smallest absolute Gasteiger partial charge is 0.0377 e. The average Bonchev–Trinajstić information content (AvgIpc) is 2.96. The lowest BCUT2D eigenvalue weighted by atomic mass is 9.90. The molecule has 1 aromatic carbocycles. The molecule has 1 atom stereocenters. The number of nitrogens with one attached hydrogen (secondary N) is 1. The molecule has 0 aromatic heterocycles. The van der Waals surface area contributed by atoms with Gasteiger partial charge in [-0.3, -0.25) is 4.90 Å². The first kappa shape index (κ1) is 13.8. The number of halogens is 1. The standard InChI is InChI=1S/C16H23IN2/c17-15-7-5-14(6-8-15)16(13-3-1-2-4-13)19-11-9-18-10-12-19/h5-8,13,16,18H,1-4,9-12H2/t16-/m1/s1. The van der Waals surface area contributed by atoms with Gasteiger partial charge < -0.3 is 5.32 Å². The van der Waals surface area contributed by atoms with Gasteiger partial charge in [-0.05, 0) is 59.0 Å². The Labute approximate surface area is 130 Å². The van der Waals surface area contributed by atoms with E-state index in [-0.39, 0.29) is 0 Å². The van der Waals surface area contributed by atoms with Crippen molar-refractivity contribution in [3.05, 3.63) is 33.4 Å². The van der Waals surface area contributed by atoms with Crippen molar-refractivity contribution in [2.45, 2.75) is 31.7 Å². The highest BCUT2D eigenvalue weighted by atomic mass is 127. The quantitative estimate of drug-likeness (QED) is 0.821. The minimum absolute atomic E-state index is 0.654. The molecule has 0 amide bonds. The third-order valence-corrected chi connectivity index (χ3v) is 5.32. The van der Waals surface area contributed by atoms with Crippen LogP contribution in [-0.2, 0) is 0 Å². The van der Waals surface area contributed by atoms with Crippen LogP contribution in [0.2, 0.25) is 0 Å². The molecule has 0 bridgehead atoms. The summed E-state index contributed by atoms with van der Waals surface area (Å²) < 4.78 is 1.34. The summed E-state index contributed by atoms with van der Waals surface area (Å²) in [5.74, 6) is 0.873. The molecule has 1 aliphatic carbocycles. The van der Waals surface area contributed by atoms with E-state index < -0.39 is 0 Å². The summed E-state index contributed by atoms with van der Waals surface area (Å²) >= 11 is 2.40. The zero-order valence-corrected chi connectivity index (χ0v) is 13.6. The molecule has 1 heterocycles. The molecule has 1 saturated carbocycles. The second-order valence-electron chi connectivity index (χ2n) is 5.83. The van der Waals surface area contributed by atoms with E-state index in [2.05, 4.69) is 57.1 Å². The van der Waals surface area contributed by atoms with E-state index >= 15 is 0 Å². The summed E-state index contributed by atoms with van der Waals surface area (Å²) in [7, 11) is 0. The molecule has 2 nitrogen and oxygen atoms in total. The highest BCUT2D eigenvalue weighted by Gasteiger charge is 2.31. The fraction of sp³-hybridized carbons (Fsp3) is 0.625.